The Morgan fingerprint density at radius 2 is 1.83 bits per heavy atom. The summed E-state index contributed by atoms with van der Waals surface area (Å²) in [5.74, 6) is -0.817. The molecule has 2 aromatic carbocycles. The lowest BCUT2D eigenvalue weighted by atomic mass is 10.0. The molecule has 0 unspecified atom stereocenters. The van der Waals surface area contributed by atoms with Crippen LogP contribution in [0, 0.1) is 5.82 Å². The fourth-order valence-corrected chi connectivity index (χ4v) is 2.50. The van der Waals surface area contributed by atoms with E-state index in [-0.39, 0.29) is 24.3 Å². The van der Waals surface area contributed by atoms with Gasteiger partial charge in [-0.05, 0) is 35.7 Å². The first-order valence-corrected chi connectivity index (χ1v) is 7.81. The van der Waals surface area contributed by atoms with Crippen LogP contribution in [0.3, 0.4) is 0 Å². The molecule has 0 spiro atoms. The van der Waals surface area contributed by atoms with Gasteiger partial charge in [0.15, 0.2) is 0 Å². The molecule has 2 amide bonds. The lowest BCUT2D eigenvalue weighted by Crippen LogP contribution is -2.37. The predicted molar refractivity (Wildman–Crippen MR) is 93.6 cm³/mol. The van der Waals surface area contributed by atoms with Gasteiger partial charge in [0, 0.05) is 18.3 Å². The summed E-state index contributed by atoms with van der Waals surface area (Å²) < 4.78 is 13.2. The van der Waals surface area contributed by atoms with E-state index in [1.807, 2.05) is 38.1 Å². The predicted octanol–water partition coefficient (Wildman–Crippen LogP) is 3.94. The highest BCUT2D eigenvalue weighted by Crippen LogP contribution is 2.27. The van der Waals surface area contributed by atoms with Crippen molar-refractivity contribution in [3.8, 4) is 0 Å². The number of benzene rings is 2. The van der Waals surface area contributed by atoms with Crippen LogP contribution in [0.5, 0.6) is 0 Å². The molecule has 0 atom stereocenters. The van der Waals surface area contributed by atoms with Crippen LogP contribution >= 0.6 is 0 Å². The minimum atomic E-state index is -0.429. The highest BCUT2D eigenvalue weighted by molar-refractivity contribution is 6.02. The first-order valence-electron chi connectivity index (χ1n) is 7.81. The van der Waals surface area contributed by atoms with Gasteiger partial charge in [-0.1, -0.05) is 38.1 Å². The van der Waals surface area contributed by atoms with E-state index in [0.717, 1.165) is 11.3 Å². The van der Waals surface area contributed by atoms with Gasteiger partial charge >= 0.3 is 0 Å². The molecule has 0 saturated carbocycles. The van der Waals surface area contributed by atoms with Crippen LogP contribution in [0.2, 0.25) is 0 Å². The number of halogens is 1. The van der Waals surface area contributed by atoms with E-state index in [4.69, 9.17) is 0 Å². The van der Waals surface area contributed by atoms with E-state index in [1.165, 1.54) is 30.0 Å². The van der Waals surface area contributed by atoms with E-state index in [2.05, 4.69) is 5.32 Å². The normalized spacial score (nSPS) is 10.5. The Bertz CT molecular complexity index is 744. The maximum atomic E-state index is 13.2. The first kappa shape index (κ1) is 17.7. The van der Waals surface area contributed by atoms with Gasteiger partial charge < -0.3 is 10.2 Å². The van der Waals surface area contributed by atoms with Gasteiger partial charge in [0.1, 0.15) is 12.4 Å². The summed E-state index contributed by atoms with van der Waals surface area (Å²) in [6, 6.07) is 13.2. The van der Waals surface area contributed by atoms with Crippen LogP contribution in [0.1, 0.15) is 32.3 Å². The molecule has 4 nitrogen and oxygen atoms in total. The number of carbonyl (C=O) groups excluding carboxylic acids is 2. The minimum Gasteiger partial charge on any atom is -0.324 e. The van der Waals surface area contributed by atoms with E-state index in [1.54, 1.807) is 6.07 Å². The maximum Gasteiger partial charge on any atom is 0.244 e. The Kier molecular flexibility index (Phi) is 5.68. The Hall–Kier alpha value is -2.69. The number of carbonyl (C=O) groups is 2. The van der Waals surface area contributed by atoms with Crippen molar-refractivity contribution in [2.24, 2.45) is 0 Å². The van der Waals surface area contributed by atoms with Crippen molar-refractivity contribution in [1.29, 1.82) is 0 Å². The third kappa shape index (κ3) is 4.41. The third-order valence-corrected chi connectivity index (χ3v) is 3.64. The molecule has 0 aliphatic rings. The summed E-state index contributed by atoms with van der Waals surface area (Å²) in [5, 5.41) is 2.61. The van der Waals surface area contributed by atoms with Gasteiger partial charge in [-0.25, -0.2) is 4.39 Å². The van der Waals surface area contributed by atoms with Crippen LogP contribution < -0.4 is 10.2 Å². The molecule has 2 aromatic rings. The monoisotopic (exact) mass is 328 g/mol. The molecular formula is C19H21FN2O2. The number of nitrogens with zero attached hydrogens (tertiary/aromatic N) is 1. The standard InChI is InChI=1S/C19H21FN2O2/c1-13(2)17-9-4-5-10-18(17)22(14(3)23)12-19(24)21-16-8-6-7-15(20)11-16/h4-11,13H,12H2,1-3H3,(H,21,24). The second-order valence-electron chi connectivity index (χ2n) is 5.88. The first-order chi connectivity index (χ1) is 11.4. The molecule has 0 radical (unpaired) electrons. The van der Waals surface area contributed by atoms with Crippen molar-refractivity contribution in [2.75, 3.05) is 16.8 Å². The molecule has 5 heteroatoms. The van der Waals surface area contributed by atoms with Gasteiger partial charge in [0.2, 0.25) is 11.8 Å². The van der Waals surface area contributed by atoms with Crippen molar-refractivity contribution in [1.82, 2.24) is 0 Å². The highest BCUT2D eigenvalue weighted by Gasteiger charge is 2.19. The van der Waals surface area contributed by atoms with Crippen molar-refractivity contribution in [2.45, 2.75) is 26.7 Å². The average Bonchev–Trinajstić information content (AvgIpc) is 2.52. The second kappa shape index (κ2) is 7.73. The number of amides is 2. The lowest BCUT2D eigenvalue weighted by Gasteiger charge is -2.24. The van der Waals surface area contributed by atoms with Gasteiger partial charge in [0.05, 0.1) is 0 Å². The fourth-order valence-electron chi connectivity index (χ4n) is 2.50. The average molecular weight is 328 g/mol. The largest absolute Gasteiger partial charge is 0.324 e. The van der Waals surface area contributed by atoms with E-state index in [0.29, 0.717) is 5.69 Å². The van der Waals surface area contributed by atoms with E-state index >= 15 is 0 Å². The van der Waals surface area contributed by atoms with Crippen molar-refractivity contribution in [3.63, 3.8) is 0 Å². The molecule has 126 valence electrons. The molecule has 0 saturated heterocycles. The van der Waals surface area contributed by atoms with Crippen LogP contribution in [0.25, 0.3) is 0 Å². The molecule has 0 aliphatic heterocycles. The molecule has 2 rings (SSSR count). The zero-order chi connectivity index (χ0) is 17.7. The van der Waals surface area contributed by atoms with Crippen LogP contribution in [0.15, 0.2) is 48.5 Å². The summed E-state index contributed by atoms with van der Waals surface area (Å²) >= 11 is 0. The number of rotatable bonds is 5. The Morgan fingerprint density at radius 3 is 2.46 bits per heavy atom. The summed E-state index contributed by atoms with van der Waals surface area (Å²) in [5.41, 5.74) is 2.07. The number of nitrogens with one attached hydrogen (secondary N) is 1. The second-order valence-corrected chi connectivity index (χ2v) is 5.88. The molecule has 0 aliphatic carbocycles. The molecular weight excluding hydrogens is 307 g/mol. The van der Waals surface area contributed by atoms with Crippen molar-refractivity contribution >= 4 is 23.2 Å². The van der Waals surface area contributed by atoms with Crippen molar-refractivity contribution in [3.05, 3.63) is 59.9 Å². The number of hydrogen-bond acceptors (Lipinski definition) is 2. The third-order valence-electron chi connectivity index (χ3n) is 3.64. The van der Waals surface area contributed by atoms with Gasteiger partial charge in [-0.2, -0.15) is 0 Å². The fraction of sp³-hybridized carbons (Fsp3) is 0.263. The van der Waals surface area contributed by atoms with Crippen LogP contribution in [-0.2, 0) is 9.59 Å². The quantitative estimate of drug-likeness (QED) is 0.904. The molecule has 1 N–H and O–H groups in total. The van der Waals surface area contributed by atoms with Crippen LogP contribution in [0.4, 0.5) is 15.8 Å². The minimum absolute atomic E-state index is 0.129. The zero-order valence-corrected chi connectivity index (χ0v) is 14.0. The molecule has 0 bridgehead atoms. The van der Waals surface area contributed by atoms with Gasteiger partial charge in [0.25, 0.3) is 0 Å². The maximum absolute atomic E-state index is 13.2. The summed E-state index contributed by atoms with van der Waals surface area (Å²) in [6.45, 7) is 5.36. The smallest absolute Gasteiger partial charge is 0.244 e. The molecule has 24 heavy (non-hydrogen) atoms. The van der Waals surface area contributed by atoms with Crippen molar-refractivity contribution < 1.29 is 14.0 Å². The molecule has 0 fully saturated rings. The number of anilines is 2. The Balaban J connectivity index is 2.20. The van der Waals surface area contributed by atoms with E-state index in [9.17, 15) is 14.0 Å². The number of para-hydroxylation sites is 1. The van der Waals surface area contributed by atoms with Gasteiger partial charge in [-0.15, -0.1) is 0 Å². The zero-order valence-electron chi connectivity index (χ0n) is 14.0. The van der Waals surface area contributed by atoms with Gasteiger partial charge in [-0.3, -0.25) is 9.59 Å². The summed E-state index contributed by atoms with van der Waals surface area (Å²) in [4.78, 5) is 25.7. The Labute approximate surface area is 141 Å². The van der Waals surface area contributed by atoms with E-state index < -0.39 is 5.82 Å². The highest BCUT2D eigenvalue weighted by atomic mass is 19.1. The summed E-state index contributed by atoms with van der Waals surface area (Å²) in [7, 11) is 0. The SMILES string of the molecule is CC(=O)N(CC(=O)Nc1cccc(F)c1)c1ccccc1C(C)C. The van der Waals surface area contributed by atoms with Crippen LogP contribution in [-0.4, -0.2) is 18.4 Å². The number of hydrogen-bond donors (Lipinski definition) is 1. The lowest BCUT2D eigenvalue weighted by molar-refractivity contribution is -0.120. The summed E-state index contributed by atoms with van der Waals surface area (Å²) in [6.07, 6.45) is 0. The topological polar surface area (TPSA) is 49.4 Å². The molecule has 0 heterocycles. The molecule has 0 aromatic heterocycles. The Morgan fingerprint density at radius 1 is 1.12 bits per heavy atom.